The van der Waals surface area contributed by atoms with Crippen molar-refractivity contribution in [3.63, 3.8) is 0 Å². The first-order valence-electron chi connectivity index (χ1n) is 11.8. The quantitative estimate of drug-likeness (QED) is 0.297. The van der Waals surface area contributed by atoms with E-state index in [1.165, 1.54) is 17.4 Å². The van der Waals surface area contributed by atoms with E-state index in [1.54, 1.807) is 10.7 Å². The molecule has 180 valence electrons. The number of esters is 1. The van der Waals surface area contributed by atoms with E-state index in [2.05, 4.69) is 11.9 Å². The summed E-state index contributed by atoms with van der Waals surface area (Å²) < 4.78 is 12.9. The van der Waals surface area contributed by atoms with Gasteiger partial charge in [-0.25, -0.2) is 14.8 Å². The van der Waals surface area contributed by atoms with Gasteiger partial charge < -0.3 is 9.15 Å². The number of carbonyl (C=O) groups is 1. The van der Waals surface area contributed by atoms with Gasteiger partial charge in [0.1, 0.15) is 12.4 Å². The van der Waals surface area contributed by atoms with Gasteiger partial charge in [-0.15, -0.1) is 11.3 Å². The number of aryl methyl sites for hydroxylation is 1. The summed E-state index contributed by atoms with van der Waals surface area (Å²) in [6.45, 7) is 3.94. The molecule has 4 aromatic heterocycles. The third kappa shape index (κ3) is 3.93. The number of hydrogen-bond donors (Lipinski definition) is 0. The Labute approximate surface area is 210 Å². The second-order valence-electron chi connectivity index (χ2n) is 9.19. The smallest absolute Gasteiger partial charge is 0.339 e. The third-order valence-electron chi connectivity index (χ3n) is 6.46. The maximum atomic E-state index is 13.6. The molecule has 1 aromatic carbocycles. The van der Waals surface area contributed by atoms with Crippen molar-refractivity contribution in [1.29, 1.82) is 0 Å². The van der Waals surface area contributed by atoms with Gasteiger partial charge in [0.15, 0.2) is 4.96 Å². The molecule has 8 heteroatoms. The number of hydrogen-bond acceptors (Lipinski definition) is 7. The van der Waals surface area contributed by atoms with Crippen LogP contribution in [0.5, 0.6) is 0 Å². The predicted octanol–water partition coefficient (Wildman–Crippen LogP) is 5.69. The van der Waals surface area contributed by atoms with E-state index in [0.717, 1.165) is 45.6 Å². The molecule has 0 saturated carbocycles. The molecular formula is C28H23N3O4S. The van der Waals surface area contributed by atoms with Gasteiger partial charge in [-0.2, -0.15) is 0 Å². The lowest BCUT2D eigenvalue weighted by molar-refractivity contribution is 0.0468. The lowest BCUT2D eigenvalue weighted by Gasteiger charge is -2.26. The van der Waals surface area contributed by atoms with Crippen molar-refractivity contribution >= 4 is 44.8 Å². The van der Waals surface area contributed by atoms with Crippen LogP contribution in [0.4, 0.5) is 0 Å². The zero-order chi connectivity index (χ0) is 24.8. The van der Waals surface area contributed by atoms with Gasteiger partial charge >= 0.3 is 5.97 Å². The molecule has 1 atom stereocenters. The average Bonchev–Trinajstić information content (AvgIpc) is 3.51. The molecule has 0 saturated heterocycles. The molecule has 0 N–H and O–H groups in total. The zero-order valence-electron chi connectivity index (χ0n) is 19.9. The van der Waals surface area contributed by atoms with Crippen molar-refractivity contribution in [2.45, 2.75) is 33.3 Å². The fourth-order valence-corrected chi connectivity index (χ4v) is 5.79. The van der Waals surface area contributed by atoms with E-state index in [4.69, 9.17) is 14.1 Å². The van der Waals surface area contributed by atoms with Crippen molar-refractivity contribution in [3.8, 4) is 0 Å². The molecule has 36 heavy (non-hydrogen) atoms. The second-order valence-corrected chi connectivity index (χ2v) is 10.0. The molecule has 1 aliphatic rings. The third-order valence-corrected chi connectivity index (χ3v) is 7.41. The van der Waals surface area contributed by atoms with Crippen molar-refractivity contribution in [2.75, 3.05) is 0 Å². The predicted molar refractivity (Wildman–Crippen MR) is 139 cm³/mol. The highest BCUT2D eigenvalue weighted by molar-refractivity contribution is 7.15. The second kappa shape index (κ2) is 8.87. The van der Waals surface area contributed by atoms with Crippen LogP contribution in [-0.4, -0.2) is 20.3 Å². The van der Waals surface area contributed by atoms with Crippen LogP contribution in [0.25, 0.3) is 27.5 Å². The Morgan fingerprint density at radius 1 is 1.22 bits per heavy atom. The minimum atomic E-state index is -0.444. The zero-order valence-corrected chi connectivity index (χ0v) is 20.7. The van der Waals surface area contributed by atoms with E-state index in [1.807, 2.05) is 54.8 Å². The number of nitrogens with zero attached hydrogens (tertiary/aromatic N) is 3. The molecule has 0 radical (unpaired) electrons. The Balaban J connectivity index is 1.41. The number of allylic oxidation sites excluding steroid dienone is 1. The summed E-state index contributed by atoms with van der Waals surface area (Å²) in [7, 11) is 0. The summed E-state index contributed by atoms with van der Waals surface area (Å²) in [5.41, 5.74) is 5.05. The summed E-state index contributed by atoms with van der Waals surface area (Å²) >= 11 is 1.38. The van der Waals surface area contributed by atoms with Crippen LogP contribution >= 0.6 is 11.3 Å². The number of thiazole rings is 1. The SMILES string of the molecule is Cc1csc2nc(COC(=O)c3c4c(nc5ccccc35)/C(=C/c3ccco3)CC(C)C4)cc(=O)n12. The highest BCUT2D eigenvalue weighted by Crippen LogP contribution is 2.38. The minimum Gasteiger partial charge on any atom is -0.465 e. The van der Waals surface area contributed by atoms with E-state index in [-0.39, 0.29) is 12.2 Å². The molecule has 6 rings (SSSR count). The molecule has 0 spiro atoms. The van der Waals surface area contributed by atoms with Crippen LogP contribution in [0, 0.1) is 12.8 Å². The van der Waals surface area contributed by atoms with Crippen molar-refractivity contribution in [3.05, 3.63) is 98.4 Å². The molecule has 0 bridgehead atoms. The van der Waals surface area contributed by atoms with Crippen LogP contribution in [0.2, 0.25) is 0 Å². The van der Waals surface area contributed by atoms with Gasteiger partial charge in [0.2, 0.25) is 0 Å². The summed E-state index contributed by atoms with van der Waals surface area (Å²) in [5.74, 6) is 0.626. The molecule has 0 fully saturated rings. The summed E-state index contributed by atoms with van der Waals surface area (Å²) in [6.07, 6.45) is 5.20. The Kier molecular flexibility index (Phi) is 5.53. The van der Waals surface area contributed by atoms with Gasteiger partial charge in [0.05, 0.1) is 28.7 Å². The number of rotatable bonds is 4. The maximum absolute atomic E-state index is 13.6. The summed E-state index contributed by atoms with van der Waals surface area (Å²) in [5, 5.41) is 2.63. The van der Waals surface area contributed by atoms with Crippen LogP contribution in [0.3, 0.4) is 0 Å². The van der Waals surface area contributed by atoms with E-state index >= 15 is 0 Å². The average molecular weight is 498 g/mol. The topological polar surface area (TPSA) is 86.7 Å². The van der Waals surface area contributed by atoms with E-state index in [0.29, 0.717) is 28.6 Å². The standard InChI is InChI=1S/C28H23N3O4S/c1-16-10-18(12-20-6-5-9-34-20)26-22(11-16)25(21-7-3-4-8-23(21)30-26)27(33)35-14-19-13-24(32)31-17(2)15-36-28(31)29-19/h3-9,12-13,15-16H,10-11,14H2,1-2H3/b18-12+. The number of carbonyl (C=O) groups excluding carboxylic acids is 1. The van der Waals surface area contributed by atoms with Gasteiger partial charge in [-0.1, -0.05) is 25.1 Å². The Morgan fingerprint density at radius 3 is 2.92 bits per heavy atom. The van der Waals surface area contributed by atoms with Gasteiger partial charge in [-0.05, 0) is 61.1 Å². The fraction of sp³-hybridized carbons (Fsp3) is 0.214. The van der Waals surface area contributed by atoms with Crippen molar-refractivity contribution < 1.29 is 13.9 Å². The molecule has 4 heterocycles. The molecule has 0 amide bonds. The first kappa shape index (κ1) is 22.4. The lowest BCUT2D eigenvalue weighted by Crippen LogP contribution is -2.20. The van der Waals surface area contributed by atoms with Crippen molar-refractivity contribution in [1.82, 2.24) is 14.4 Å². The monoisotopic (exact) mass is 497 g/mol. The number of benzene rings is 1. The number of ether oxygens (including phenoxy) is 1. The first-order chi connectivity index (χ1) is 17.5. The normalized spacial score (nSPS) is 16.5. The van der Waals surface area contributed by atoms with Crippen molar-refractivity contribution in [2.24, 2.45) is 5.92 Å². The van der Waals surface area contributed by atoms with E-state index in [9.17, 15) is 9.59 Å². The van der Waals surface area contributed by atoms with Gasteiger partial charge in [0.25, 0.3) is 5.56 Å². The number of aromatic nitrogens is 3. The first-order valence-corrected chi connectivity index (χ1v) is 12.7. The van der Waals surface area contributed by atoms with Gasteiger partial charge in [0, 0.05) is 22.5 Å². The number of fused-ring (bicyclic) bond motifs is 3. The van der Waals surface area contributed by atoms with Crippen LogP contribution in [0.15, 0.2) is 63.3 Å². The molecule has 1 unspecified atom stereocenters. The number of para-hydroxylation sites is 1. The number of pyridine rings is 1. The van der Waals surface area contributed by atoms with Crippen LogP contribution in [-0.2, 0) is 17.8 Å². The van der Waals surface area contributed by atoms with Crippen LogP contribution < -0.4 is 5.56 Å². The highest BCUT2D eigenvalue weighted by atomic mass is 32.1. The van der Waals surface area contributed by atoms with Crippen LogP contribution in [0.1, 0.15) is 52.1 Å². The maximum Gasteiger partial charge on any atom is 0.339 e. The molecule has 0 aliphatic heterocycles. The largest absolute Gasteiger partial charge is 0.465 e. The lowest BCUT2D eigenvalue weighted by atomic mass is 9.81. The Hall–Kier alpha value is -4.04. The minimum absolute atomic E-state index is 0.0857. The van der Waals surface area contributed by atoms with Gasteiger partial charge in [-0.3, -0.25) is 9.20 Å². The summed E-state index contributed by atoms with van der Waals surface area (Å²) in [6, 6.07) is 12.8. The molecule has 7 nitrogen and oxygen atoms in total. The fourth-order valence-electron chi connectivity index (χ4n) is 4.90. The molecule has 5 aromatic rings. The number of furan rings is 1. The highest BCUT2D eigenvalue weighted by Gasteiger charge is 2.29. The summed E-state index contributed by atoms with van der Waals surface area (Å²) in [4.78, 5) is 36.2. The molecular weight excluding hydrogens is 474 g/mol. The van der Waals surface area contributed by atoms with E-state index < -0.39 is 5.97 Å². The Morgan fingerprint density at radius 2 is 2.08 bits per heavy atom. The molecule has 1 aliphatic carbocycles. The Bertz CT molecular complexity index is 1710.